The first-order valence-electron chi connectivity index (χ1n) is 19.0. The number of ether oxygens (including phenoxy) is 1. The molecule has 0 bridgehead atoms. The Morgan fingerprint density at radius 2 is 1.56 bits per heavy atom. The summed E-state index contributed by atoms with van der Waals surface area (Å²) in [6, 6.07) is 27.5. The van der Waals surface area contributed by atoms with Crippen LogP contribution in [0.25, 0.3) is 0 Å². The van der Waals surface area contributed by atoms with Crippen LogP contribution in [-0.4, -0.2) is 70.9 Å². The largest absolute Gasteiger partial charge is 0.444 e. The van der Waals surface area contributed by atoms with Crippen molar-refractivity contribution in [2.45, 2.75) is 77.5 Å². The Hall–Kier alpha value is -5.71. The van der Waals surface area contributed by atoms with Crippen molar-refractivity contribution in [2.24, 2.45) is 5.41 Å². The Kier molecular flexibility index (Phi) is 10.1. The molecule has 0 unspecified atom stereocenters. The molecule has 11 heteroatoms. The molecule has 1 atom stereocenters. The van der Waals surface area contributed by atoms with Crippen LogP contribution in [0.5, 0.6) is 0 Å². The lowest BCUT2D eigenvalue weighted by atomic mass is 9.78. The summed E-state index contributed by atoms with van der Waals surface area (Å²) >= 11 is 0. The number of rotatable bonds is 9. The number of para-hydroxylation sites is 1. The summed E-state index contributed by atoms with van der Waals surface area (Å²) in [6.07, 6.45) is 3.58. The number of amides is 4. The van der Waals surface area contributed by atoms with Gasteiger partial charge in [-0.15, -0.1) is 0 Å². The summed E-state index contributed by atoms with van der Waals surface area (Å²) in [5.74, 6) is 0.151. The molecule has 286 valence electrons. The summed E-state index contributed by atoms with van der Waals surface area (Å²) in [6.45, 7) is 9.25. The highest BCUT2D eigenvalue weighted by Gasteiger charge is 2.51. The molecule has 1 fully saturated rings. The number of benzene rings is 3. The maximum atomic E-state index is 14.7. The topological polar surface area (TPSA) is 124 Å². The van der Waals surface area contributed by atoms with Crippen molar-refractivity contribution in [3.05, 3.63) is 119 Å². The molecular weight excluding hydrogens is 693 g/mol. The Labute approximate surface area is 323 Å². The van der Waals surface area contributed by atoms with Gasteiger partial charge in [-0.3, -0.25) is 14.4 Å². The highest BCUT2D eigenvalue weighted by atomic mass is 16.6. The fourth-order valence-electron chi connectivity index (χ4n) is 8.14. The average Bonchev–Trinajstić information content (AvgIpc) is 3.67. The number of fused-ring (bicyclic) bond motifs is 3. The van der Waals surface area contributed by atoms with E-state index in [0.717, 1.165) is 46.6 Å². The number of piperidine rings is 1. The van der Waals surface area contributed by atoms with E-state index in [0.29, 0.717) is 37.2 Å². The maximum absolute atomic E-state index is 14.7. The molecule has 3 heterocycles. The summed E-state index contributed by atoms with van der Waals surface area (Å²) in [7, 11) is 1.69. The number of carbonyl (C=O) groups is 4. The van der Waals surface area contributed by atoms with E-state index >= 15 is 0 Å². The summed E-state index contributed by atoms with van der Waals surface area (Å²) in [5.41, 5.74) is 4.37. The molecule has 3 aliphatic rings. The molecule has 0 radical (unpaired) electrons. The third-order valence-corrected chi connectivity index (χ3v) is 11.2. The third-order valence-electron chi connectivity index (χ3n) is 11.2. The first kappa shape index (κ1) is 37.6. The zero-order valence-electron chi connectivity index (χ0n) is 32.4. The van der Waals surface area contributed by atoms with Crippen molar-refractivity contribution in [2.75, 3.05) is 42.2 Å². The molecule has 7 rings (SSSR count). The van der Waals surface area contributed by atoms with Crippen molar-refractivity contribution < 1.29 is 23.9 Å². The standard InChI is InChI=1S/C44H50N6O5/c1-42(2,3)55-41(54)48(5)27-31-12-9-10-13-32(31)28-50(40(53)43(4)19-22-49(23-20-43)35-14-7-6-8-15-35)29-37(51)46-34-18-17-30-25-44(26-33(30)24-34)36-16-11-21-45-38(36)47-39(44)52/h6-18,21,24H,19-20,22-23,25-29H2,1-5H3,(H,46,51)(H,45,47,52)/t44-/m1/s1. The molecule has 2 aliphatic heterocycles. The number of pyridine rings is 1. The summed E-state index contributed by atoms with van der Waals surface area (Å²) < 4.78 is 5.59. The van der Waals surface area contributed by atoms with Crippen LogP contribution < -0.4 is 15.5 Å². The lowest BCUT2D eigenvalue weighted by Gasteiger charge is -2.42. The van der Waals surface area contributed by atoms with E-state index < -0.39 is 22.5 Å². The number of carbonyl (C=O) groups excluding carboxylic acids is 4. The van der Waals surface area contributed by atoms with E-state index in [-0.39, 0.29) is 37.4 Å². The van der Waals surface area contributed by atoms with Crippen molar-refractivity contribution in [1.29, 1.82) is 0 Å². The van der Waals surface area contributed by atoms with Crippen LogP contribution >= 0.6 is 0 Å². The molecule has 2 N–H and O–H groups in total. The van der Waals surface area contributed by atoms with Crippen LogP contribution in [0.15, 0.2) is 91.1 Å². The molecule has 3 aromatic carbocycles. The van der Waals surface area contributed by atoms with E-state index in [1.54, 1.807) is 18.1 Å². The van der Waals surface area contributed by atoms with Crippen molar-refractivity contribution in [1.82, 2.24) is 14.8 Å². The van der Waals surface area contributed by atoms with E-state index in [9.17, 15) is 19.2 Å². The number of nitrogens with zero attached hydrogens (tertiary/aromatic N) is 4. The lowest BCUT2D eigenvalue weighted by molar-refractivity contribution is -0.145. The second kappa shape index (κ2) is 14.8. The fraction of sp³-hybridized carbons (Fsp3) is 0.386. The monoisotopic (exact) mass is 742 g/mol. The number of anilines is 3. The average molecular weight is 743 g/mol. The minimum Gasteiger partial charge on any atom is -0.444 e. The molecule has 4 amide bonds. The summed E-state index contributed by atoms with van der Waals surface area (Å²) in [5, 5.41) is 6.00. The fourth-order valence-corrected chi connectivity index (χ4v) is 8.14. The number of nitrogens with one attached hydrogen (secondary N) is 2. The molecule has 1 aliphatic carbocycles. The predicted octanol–water partition coefficient (Wildman–Crippen LogP) is 6.71. The molecule has 11 nitrogen and oxygen atoms in total. The Morgan fingerprint density at radius 1 is 0.891 bits per heavy atom. The molecule has 0 saturated carbocycles. The van der Waals surface area contributed by atoms with Gasteiger partial charge < -0.3 is 30.1 Å². The van der Waals surface area contributed by atoms with Gasteiger partial charge in [0.25, 0.3) is 0 Å². The maximum Gasteiger partial charge on any atom is 0.410 e. The zero-order valence-corrected chi connectivity index (χ0v) is 32.4. The normalized spacial score (nSPS) is 18.3. The molecule has 1 aromatic heterocycles. The van der Waals surface area contributed by atoms with E-state index in [4.69, 9.17) is 4.74 Å². The van der Waals surface area contributed by atoms with Crippen LogP contribution in [0.4, 0.5) is 22.0 Å². The van der Waals surface area contributed by atoms with Gasteiger partial charge in [-0.05, 0) is 99.0 Å². The third kappa shape index (κ3) is 7.92. The van der Waals surface area contributed by atoms with Crippen LogP contribution in [0.1, 0.15) is 68.4 Å². The SMILES string of the molecule is CN(Cc1ccccc1CN(CC(=O)Nc1ccc2c(c1)C[C@@]1(C2)C(=O)Nc2ncccc21)C(=O)C1(C)CCN(c2ccccc2)CC1)C(=O)OC(C)(C)C. The van der Waals surface area contributed by atoms with Gasteiger partial charge >= 0.3 is 6.09 Å². The summed E-state index contributed by atoms with van der Waals surface area (Å²) in [4.78, 5) is 64.6. The lowest BCUT2D eigenvalue weighted by Crippen LogP contribution is -2.50. The first-order valence-corrected chi connectivity index (χ1v) is 19.0. The number of hydrogen-bond donors (Lipinski definition) is 2. The molecule has 1 saturated heterocycles. The van der Waals surface area contributed by atoms with Crippen molar-refractivity contribution in [3.8, 4) is 0 Å². The van der Waals surface area contributed by atoms with Gasteiger partial charge in [0.05, 0.1) is 5.41 Å². The molecule has 55 heavy (non-hydrogen) atoms. The number of aromatic nitrogens is 1. The molecular formula is C44H50N6O5. The van der Waals surface area contributed by atoms with Crippen LogP contribution in [0, 0.1) is 5.41 Å². The van der Waals surface area contributed by atoms with E-state index in [1.807, 2.05) is 100 Å². The van der Waals surface area contributed by atoms with Crippen molar-refractivity contribution in [3.63, 3.8) is 0 Å². The highest BCUT2D eigenvalue weighted by Crippen LogP contribution is 2.47. The van der Waals surface area contributed by atoms with Gasteiger partial charge in [0, 0.05) is 61.8 Å². The van der Waals surface area contributed by atoms with Crippen LogP contribution in [0.2, 0.25) is 0 Å². The van der Waals surface area contributed by atoms with Crippen molar-refractivity contribution >= 4 is 41.0 Å². The second-order valence-electron chi connectivity index (χ2n) is 16.5. The van der Waals surface area contributed by atoms with Gasteiger partial charge in [0.15, 0.2) is 0 Å². The van der Waals surface area contributed by atoms with Crippen LogP contribution in [0.3, 0.4) is 0 Å². The second-order valence-corrected chi connectivity index (χ2v) is 16.5. The smallest absolute Gasteiger partial charge is 0.410 e. The minimum absolute atomic E-state index is 0.0576. The van der Waals surface area contributed by atoms with Gasteiger partial charge in [-0.1, -0.05) is 61.5 Å². The van der Waals surface area contributed by atoms with E-state index in [2.05, 4.69) is 32.7 Å². The Bertz CT molecular complexity index is 2110. The quantitative estimate of drug-likeness (QED) is 0.195. The number of hydrogen-bond acceptors (Lipinski definition) is 7. The van der Waals surface area contributed by atoms with Gasteiger partial charge in [0.1, 0.15) is 18.0 Å². The van der Waals surface area contributed by atoms with Crippen LogP contribution in [-0.2, 0) is 50.5 Å². The predicted molar refractivity (Wildman–Crippen MR) is 213 cm³/mol. The van der Waals surface area contributed by atoms with Gasteiger partial charge in [0.2, 0.25) is 17.7 Å². The van der Waals surface area contributed by atoms with Gasteiger partial charge in [-0.25, -0.2) is 9.78 Å². The Balaban J connectivity index is 1.10. The Morgan fingerprint density at radius 3 is 2.27 bits per heavy atom. The molecule has 1 spiro atoms. The molecule has 4 aromatic rings. The highest BCUT2D eigenvalue weighted by molar-refractivity contribution is 6.06. The van der Waals surface area contributed by atoms with E-state index in [1.165, 1.54) is 4.90 Å². The van der Waals surface area contributed by atoms with Gasteiger partial charge in [-0.2, -0.15) is 0 Å². The first-order chi connectivity index (χ1) is 26.2. The zero-order chi connectivity index (χ0) is 39.0. The minimum atomic E-state index is -0.714.